The van der Waals surface area contributed by atoms with E-state index in [4.69, 9.17) is 5.11 Å². The number of rotatable bonds is 5. The topological polar surface area (TPSA) is 74.7 Å². The van der Waals surface area contributed by atoms with Crippen LogP contribution in [0.5, 0.6) is 0 Å². The lowest BCUT2D eigenvalue weighted by Crippen LogP contribution is -2.34. The van der Waals surface area contributed by atoms with Gasteiger partial charge in [-0.15, -0.1) is 0 Å². The third-order valence-corrected chi connectivity index (χ3v) is 5.91. The van der Waals surface area contributed by atoms with Gasteiger partial charge in [-0.05, 0) is 43.4 Å². The third kappa shape index (κ3) is 2.71. The molecule has 0 radical (unpaired) electrons. The molecule has 0 spiro atoms. The zero-order valence-electron chi connectivity index (χ0n) is 11.7. The van der Waals surface area contributed by atoms with Crippen molar-refractivity contribution in [1.29, 1.82) is 0 Å². The largest absolute Gasteiger partial charge is 0.478 e. The van der Waals surface area contributed by atoms with Crippen LogP contribution >= 0.6 is 0 Å². The predicted octanol–water partition coefficient (Wildman–Crippen LogP) is 2.11. The van der Waals surface area contributed by atoms with Crippen molar-refractivity contribution in [2.75, 3.05) is 13.6 Å². The van der Waals surface area contributed by atoms with Crippen LogP contribution in [0.2, 0.25) is 0 Å². The lowest BCUT2D eigenvalue weighted by atomic mass is 9.86. The van der Waals surface area contributed by atoms with E-state index in [9.17, 15) is 13.2 Å². The first-order valence-corrected chi connectivity index (χ1v) is 8.07. The highest BCUT2D eigenvalue weighted by atomic mass is 32.2. The van der Waals surface area contributed by atoms with Gasteiger partial charge in [0.1, 0.15) is 0 Å². The van der Waals surface area contributed by atoms with Crippen LogP contribution in [0.25, 0.3) is 0 Å². The Bertz CT molecular complexity index is 620. The van der Waals surface area contributed by atoms with Crippen molar-refractivity contribution in [1.82, 2.24) is 4.31 Å². The monoisotopic (exact) mass is 297 g/mol. The van der Waals surface area contributed by atoms with Crippen LogP contribution in [0.3, 0.4) is 0 Å². The highest BCUT2D eigenvalue weighted by Gasteiger charge is 2.28. The Labute approximate surface area is 119 Å². The number of hydrogen-bond acceptors (Lipinski definition) is 3. The molecule has 0 unspecified atom stereocenters. The first-order chi connectivity index (χ1) is 9.34. The number of hydrogen-bond donors (Lipinski definition) is 1. The first kappa shape index (κ1) is 15.0. The molecule has 6 heteroatoms. The summed E-state index contributed by atoms with van der Waals surface area (Å²) in [7, 11) is -2.07. The van der Waals surface area contributed by atoms with E-state index in [1.54, 1.807) is 7.05 Å². The molecule has 1 saturated carbocycles. The Kier molecular flexibility index (Phi) is 4.15. The molecule has 2 rings (SSSR count). The van der Waals surface area contributed by atoms with E-state index in [1.165, 1.54) is 29.4 Å². The molecule has 0 bridgehead atoms. The van der Waals surface area contributed by atoms with Crippen molar-refractivity contribution in [2.45, 2.75) is 31.1 Å². The lowest BCUT2D eigenvalue weighted by Gasteiger charge is -2.30. The Morgan fingerprint density at radius 1 is 1.40 bits per heavy atom. The molecule has 0 atom stereocenters. The summed E-state index contributed by atoms with van der Waals surface area (Å²) in [5.74, 6) is -0.682. The fourth-order valence-corrected chi connectivity index (χ4v) is 3.92. The first-order valence-electron chi connectivity index (χ1n) is 6.63. The van der Waals surface area contributed by atoms with Crippen molar-refractivity contribution in [3.05, 3.63) is 29.3 Å². The smallest absolute Gasteiger partial charge is 0.335 e. The highest BCUT2D eigenvalue weighted by molar-refractivity contribution is 7.89. The maximum atomic E-state index is 12.5. The van der Waals surface area contributed by atoms with Gasteiger partial charge in [0, 0.05) is 13.6 Å². The molecule has 0 heterocycles. The van der Waals surface area contributed by atoms with Crippen molar-refractivity contribution in [2.24, 2.45) is 5.92 Å². The number of sulfonamides is 1. The average molecular weight is 297 g/mol. The van der Waals surface area contributed by atoms with Crippen LogP contribution in [0, 0.1) is 12.8 Å². The quantitative estimate of drug-likeness (QED) is 0.903. The summed E-state index contributed by atoms with van der Waals surface area (Å²) in [6.07, 6.45) is 3.29. The fourth-order valence-electron chi connectivity index (χ4n) is 2.43. The fraction of sp³-hybridized carbons (Fsp3) is 0.500. The molecule has 110 valence electrons. The summed E-state index contributed by atoms with van der Waals surface area (Å²) in [5, 5.41) is 9.08. The third-order valence-electron chi connectivity index (χ3n) is 3.94. The van der Waals surface area contributed by atoms with Gasteiger partial charge >= 0.3 is 5.97 Å². The number of carbonyl (C=O) groups is 1. The Balaban J connectivity index is 2.33. The maximum absolute atomic E-state index is 12.5. The van der Waals surface area contributed by atoms with Gasteiger partial charge in [0.25, 0.3) is 0 Å². The number of carboxylic acids is 1. The minimum Gasteiger partial charge on any atom is -0.478 e. The molecule has 1 aromatic carbocycles. The molecular weight excluding hydrogens is 278 g/mol. The number of benzene rings is 1. The molecule has 20 heavy (non-hydrogen) atoms. The Morgan fingerprint density at radius 2 is 2.05 bits per heavy atom. The van der Waals surface area contributed by atoms with Gasteiger partial charge in [0.2, 0.25) is 10.0 Å². The van der Waals surface area contributed by atoms with Crippen molar-refractivity contribution in [3.63, 3.8) is 0 Å². The van der Waals surface area contributed by atoms with Crippen molar-refractivity contribution < 1.29 is 18.3 Å². The van der Waals surface area contributed by atoms with Crippen molar-refractivity contribution >= 4 is 16.0 Å². The lowest BCUT2D eigenvalue weighted by molar-refractivity contribution is 0.0696. The van der Waals surface area contributed by atoms with Crippen LogP contribution in [0.4, 0.5) is 0 Å². The van der Waals surface area contributed by atoms with Gasteiger partial charge in [0.05, 0.1) is 10.5 Å². The predicted molar refractivity (Wildman–Crippen MR) is 75.3 cm³/mol. The second-order valence-corrected chi connectivity index (χ2v) is 7.33. The van der Waals surface area contributed by atoms with Crippen LogP contribution in [-0.4, -0.2) is 37.4 Å². The van der Waals surface area contributed by atoms with Crippen LogP contribution in [0.15, 0.2) is 23.1 Å². The maximum Gasteiger partial charge on any atom is 0.335 e. The van der Waals surface area contributed by atoms with Gasteiger partial charge < -0.3 is 5.11 Å². The van der Waals surface area contributed by atoms with Crippen LogP contribution < -0.4 is 0 Å². The second kappa shape index (κ2) is 5.54. The van der Waals surface area contributed by atoms with E-state index in [1.807, 2.05) is 0 Å². The zero-order chi connectivity index (χ0) is 14.9. The number of nitrogens with zero attached hydrogens (tertiary/aromatic N) is 1. The molecule has 1 N–H and O–H groups in total. The van der Waals surface area contributed by atoms with Gasteiger partial charge in [-0.2, -0.15) is 0 Å². The van der Waals surface area contributed by atoms with Crippen molar-refractivity contribution in [3.8, 4) is 0 Å². The van der Waals surface area contributed by atoms with Gasteiger partial charge in [0.15, 0.2) is 0 Å². The number of carboxylic acid groups (broad SMARTS) is 1. The molecule has 0 saturated heterocycles. The summed E-state index contributed by atoms with van der Waals surface area (Å²) in [6, 6.07) is 4.36. The Hall–Kier alpha value is -1.40. The van der Waals surface area contributed by atoms with E-state index in [0.717, 1.165) is 19.3 Å². The van der Waals surface area contributed by atoms with E-state index in [0.29, 0.717) is 18.0 Å². The summed E-state index contributed by atoms with van der Waals surface area (Å²) < 4.78 is 26.4. The normalized spacial score (nSPS) is 16.1. The van der Waals surface area contributed by atoms with E-state index < -0.39 is 16.0 Å². The molecule has 5 nitrogen and oxygen atoms in total. The molecule has 0 aromatic heterocycles. The SMILES string of the molecule is Cc1c(C(=O)O)cccc1S(=O)(=O)N(C)CC1CCC1. The summed E-state index contributed by atoms with van der Waals surface area (Å²) >= 11 is 0. The molecule has 1 fully saturated rings. The second-order valence-electron chi connectivity index (χ2n) is 5.32. The van der Waals surface area contributed by atoms with Crippen LogP contribution in [-0.2, 0) is 10.0 Å². The van der Waals surface area contributed by atoms with Gasteiger partial charge in [-0.1, -0.05) is 12.5 Å². The summed E-state index contributed by atoms with van der Waals surface area (Å²) in [6.45, 7) is 2.03. The number of aromatic carboxylic acids is 1. The standard InChI is InChI=1S/C14H19NO4S/c1-10-12(14(16)17)7-4-8-13(10)20(18,19)15(2)9-11-5-3-6-11/h4,7-8,11H,3,5-6,9H2,1-2H3,(H,16,17). The van der Waals surface area contributed by atoms with E-state index in [-0.39, 0.29) is 10.5 Å². The summed E-state index contributed by atoms with van der Waals surface area (Å²) in [4.78, 5) is 11.2. The highest BCUT2D eigenvalue weighted by Crippen LogP contribution is 2.29. The minimum absolute atomic E-state index is 0.0307. The average Bonchev–Trinajstić information content (AvgIpc) is 2.33. The Morgan fingerprint density at radius 3 is 2.55 bits per heavy atom. The van der Waals surface area contributed by atoms with E-state index >= 15 is 0 Å². The zero-order valence-corrected chi connectivity index (χ0v) is 12.5. The minimum atomic E-state index is -3.63. The summed E-state index contributed by atoms with van der Waals surface area (Å²) in [5.41, 5.74) is 0.323. The van der Waals surface area contributed by atoms with Gasteiger partial charge in [-0.25, -0.2) is 17.5 Å². The molecule has 1 aromatic rings. The van der Waals surface area contributed by atoms with Gasteiger partial charge in [-0.3, -0.25) is 0 Å². The molecular formula is C14H19NO4S. The molecule has 0 aliphatic heterocycles. The molecule has 1 aliphatic carbocycles. The molecule has 0 amide bonds. The molecule has 1 aliphatic rings. The van der Waals surface area contributed by atoms with Crippen LogP contribution in [0.1, 0.15) is 35.2 Å². The van der Waals surface area contributed by atoms with E-state index in [2.05, 4.69) is 0 Å².